The lowest BCUT2D eigenvalue weighted by atomic mass is 10.1. The first-order chi connectivity index (χ1) is 12.4. The van der Waals surface area contributed by atoms with E-state index in [9.17, 15) is 4.79 Å². The van der Waals surface area contributed by atoms with Crippen LogP contribution >= 0.6 is 0 Å². The van der Waals surface area contributed by atoms with Crippen LogP contribution in [0.25, 0.3) is 10.9 Å². The number of aryl methyl sites for hydroxylation is 2. The minimum Gasteiger partial charge on any atom is -0.493 e. The Morgan fingerprint density at radius 2 is 1.81 bits per heavy atom. The van der Waals surface area contributed by atoms with E-state index < -0.39 is 0 Å². The smallest absolute Gasteiger partial charge is 0.253 e. The number of hydrogen-bond acceptors (Lipinski definition) is 7. The number of pyridine rings is 1. The lowest BCUT2D eigenvalue weighted by Crippen LogP contribution is -2.19. The summed E-state index contributed by atoms with van der Waals surface area (Å²) in [5.41, 5.74) is 8.91. The molecule has 0 atom stereocenters. The first kappa shape index (κ1) is 17.5. The number of nitrogen functional groups attached to an aromatic ring is 1. The molecule has 0 spiro atoms. The van der Waals surface area contributed by atoms with Crippen molar-refractivity contribution in [3.8, 4) is 11.5 Å². The second-order valence-electron chi connectivity index (χ2n) is 5.95. The van der Waals surface area contributed by atoms with Gasteiger partial charge in [-0.25, -0.2) is 4.98 Å². The number of nitrogens with zero attached hydrogens (tertiary/aromatic N) is 2. The van der Waals surface area contributed by atoms with Crippen molar-refractivity contribution in [1.29, 1.82) is 0 Å². The summed E-state index contributed by atoms with van der Waals surface area (Å²) < 4.78 is 10.6. The van der Waals surface area contributed by atoms with E-state index >= 15 is 0 Å². The predicted molar refractivity (Wildman–Crippen MR) is 101 cm³/mol. The maximum Gasteiger partial charge on any atom is 0.253 e. The van der Waals surface area contributed by atoms with Crippen LogP contribution in [-0.4, -0.2) is 29.2 Å². The molecular formula is C18H21N5O3. The third kappa shape index (κ3) is 3.26. The Labute approximate surface area is 150 Å². The van der Waals surface area contributed by atoms with E-state index in [4.69, 9.17) is 15.2 Å². The normalized spacial score (nSPS) is 10.8. The molecule has 3 aromatic rings. The number of anilines is 2. The topological polar surface area (TPSA) is 115 Å². The van der Waals surface area contributed by atoms with Gasteiger partial charge in [-0.05, 0) is 31.5 Å². The molecule has 0 unspecified atom stereocenters. The van der Waals surface area contributed by atoms with Crippen molar-refractivity contribution in [2.24, 2.45) is 0 Å². The van der Waals surface area contributed by atoms with Crippen LogP contribution in [0.2, 0.25) is 0 Å². The van der Waals surface area contributed by atoms with Crippen LogP contribution in [0.5, 0.6) is 11.5 Å². The molecule has 0 aliphatic rings. The molecule has 1 aromatic carbocycles. The third-order valence-electron chi connectivity index (χ3n) is 4.15. The number of methoxy groups -OCH3 is 2. The summed E-state index contributed by atoms with van der Waals surface area (Å²) in [5, 5.41) is 3.73. The number of ether oxygens (including phenoxy) is 2. The third-order valence-corrected chi connectivity index (χ3v) is 4.15. The van der Waals surface area contributed by atoms with Crippen molar-refractivity contribution in [3.05, 3.63) is 45.4 Å². The second kappa shape index (κ2) is 6.91. The molecule has 0 bridgehead atoms. The molecule has 4 N–H and O–H groups in total. The van der Waals surface area contributed by atoms with E-state index in [2.05, 4.69) is 20.3 Å². The van der Waals surface area contributed by atoms with E-state index in [1.807, 2.05) is 19.9 Å². The molecular weight excluding hydrogens is 334 g/mol. The van der Waals surface area contributed by atoms with Gasteiger partial charge in [0.05, 0.1) is 19.7 Å². The van der Waals surface area contributed by atoms with E-state index in [0.29, 0.717) is 46.3 Å². The number of aromatic amines is 1. The first-order valence-corrected chi connectivity index (χ1v) is 8.05. The number of H-pyrrole nitrogens is 1. The summed E-state index contributed by atoms with van der Waals surface area (Å²) in [6.45, 7) is 4.03. The first-order valence-electron chi connectivity index (χ1n) is 8.05. The Hall–Kier alpha value is -3.29. The number of nitrogens with two attached hydrogens (primary N) is 1. The molecule has 0 aliphatic heterocycles. The molecule has 0 saturated carbocycles. The fraction of sp³-hybridized carbons (Fsp3) is 0.278. The number of fused-ring (bicyclic) bond motifs is 1. The van der Waals surface area contributed by atoms with Crippen LogP contribution in [0.1, 0.15) is 16.8 Å². The molecule has 0 radical (unpaired) electrons. The highest BCUT2D eigenvalue weighted by Crippen LogP contribution is 2.33. The Kier molecular flexibility index (Phi) is 4.66. The molecule has 0 saturated heterocycles. The van der Waals surface area contributed by atoms with Crippen LogP contribution in [0, 0.1) is 13.8 Å². The number of aromatic nitrogens is 3. The van der Waals surface area contributed by atoms with Gasteiger partial charge in [-0.2, -0.15) is 4.98 Å². The molecule has 26 heavy (non-hydrogen) atoms. The van der Waals surface area contributed by atoms with E-state index in [1.54, 1.807) is 26.4 Å². The summed E-state index contributed by atoms with van der Waals surface area (Å²) in [6.07, 6.45) is 0. The maximum atomic E-state index is 12.1. The SMILES string of the molecule is COc1cc2nc(NCc3c(C)cc(C)[nH]c3=O)nc(N)c2cc1OC. The highest BCUT2D eigenvalue weighted by molar-refractivity contribution is 5.91. The summed E-state index contributed by atoms with van der Waals surface area (Å²) in [6, 6.07) is 5.40. The van der Waals surface area contributed by atoms with E-state index in [-0.39, 0.29) is 5.56 Å². The van der Waals surface area contributed by atoms with Crippen molar-refractivity contribution in [3.63, 3.8) is 0 Å². The number of rotatable bonds is 5. The van der Waals surface area contributed by atoms with Crippen molar-refractivity contribution >= 4 is 22.7 Å². The number of nitrogens with one attached hydrogen (secondary N) is 2. The summed E-state index contributed by atoms with van der Waals surface area (Å²) in [5.74, 6) is 1.75. The Morgan fingerprint density at radius 3 is 2.46 bits per heavy atom. The minimum atomic E-state index is -0.129. The molecule has 136 valence electrons. The fourth-order valence-corrected chi connectivity index (χ4v) is 2.83. The molecule has 2 heterocycles. The summed E-state index contributed by atoms with van der Waals surface area (Å²) in [4.78, 5) is 23.7. The van der Waals surface area contributed by atoms with Crippen molar-refractivity contribution in [2.75, 3.05) is 25.3 Å². The molecule has 8 heteroatoms. The zero-order valence-electron chi connectivity index (χ0n) is 15.1. The zero-order chi connectivity index (χ0) is 18.8. The van der Waals surface area contributed by atoms with Crippen LogP contribution in [0.3, 0.4) is 0 Å². The van der Waals surface area contributed by atoms with Gasteiger partial charge < -0.3 is 25.5 Å². The van der Waals surface area contributed by atoms with Gasteiger partial charge in [0, 0.05) is 29.3 Å². The van der Waals surface area contributed by atoms with Crippen molar-refractivity contribution in [1.82, 2.24) is 15.0 Å². The second-order valence-corrected chi connectivity index (χ2v) is 5.95. The minimum absolute atomic E-state index is 0.129. The maximum absolute atomic E-state index is 12.1. The highest BCUT2D eigenvalue weighted by atomic mass is 16.5. The van der Waals surface area contributed by atoms with Gasteiger partial charge in [-0.15, -0.1) is 0 Å². The van der Waals surface area contributed by atoms with Crippen LogP contribution in [0.15, 0.2) is 23.0 Å². The molecule has 0 aliphatic carbocycles. The van der Waals surface area contributed by atoms with Gasteiger partial charge in [0.15, 0.2) is 11.5 Å². The van der Waals surface area contributed by atoms with Gasteiger partial charge in [-0.1, -0.05) is 0 Å². The molecule has 0 amide bonds. The quantitative estimate of drug-likeness (QED) is 0.642. The Morgan fingerprint density at radius 1 is 1.12 bits per heavy atom. The average Bonchev–Trinajstić information content (AvgIpc) is 2.59. The van der Waals surface area contributed by atoms with Crippen LogP contribution < -0.4 is 26.1 Å². The molecule has 3 rings (SSSR count). The summed E-state index contributed by atoms with van der Waals surface area (Å²) >= 11 is 0. The van der Waals surface area contributed by atoms with E-state index in [0.717, 1.165) is 11.3 Å². The fourth-order valence-electron chi connectivity index (χ4n) is 2.83. The largest absolute Gasteiger partial charge is 0.493 e. The number of hydrogen-bond donors (Lipinski definition) is 3. The zero-order valence-corrected chi connectivity index (χ0v) is 15.1. The van der Waals surface area contributed by atoms with Crippen molar-refractivity contribution in [2.45, 2.75) is 20.4 Å². The van der Waals surface area contributed by atoms with Gasteiger partial charge in [0.25, 0.3) is 5.56 Å². The predicted octanol–water partition coefficient (Wildman–Crippen LogP) is 2.15. The average molecular weight is 355 g/mol. The van der Waals surface area contributed by atoms with Gasteiger partial charge in [0.1, 0.15) is 5.82 Å². The van der Waals surface area contributed by atoms with E-state index in [1.165, 1.54) is 0 Å². The van der Waals surface area contributed by atoms with Crippen molar-refractivity contribution < 1.29 is 9.47 Å². The molecule has 8 nitrogen and oxygen atoms in total. The Balaban J connectivity index is 1.95. The lowest BCUT2D eigenvalue weighted by Gasteiger charge is -2.12. The van der Waals surface area contributed by atoms with Crippen LogP contribution in [0.4, 0.5) is 11.8 Å². The van der Waals surface area contributed by atoms with Gasteiger partial charge in [-0.3, -0.25) is 4.79 Å². The molecule has 2 aromatic heterocycles. The number of benzene rings is 1. The van der Waals surface area contributed by atoms with Gasteiger partial charge >= 0.3 is 0 Å². The van der Waals surface area contributed by atoms with Crippen LogP contribution in [-0.2, 0) is 6.54 Å². The lowest BCUT2D eigenvalue weighted by molar-refractivity contribution is 0.356. The standard InChI is InChI=1S/C18H21N5O3/c1-9-5-10(2)21-17(24)12(9)8-20-18-22-13-7-15(26-4)14(25-3)6-11(13)16(19)23-18/h5-7H,8H2,1-4H3,(H,21,24)(H3,19,20,22,23). The Bertz CT molecular complexity index is 1030. The summed E-state index contributed by atoms with van der Waals surface area (Å²) in [7, 11) is 3.11. The highest BCUT2D eigenvalue weighted by Gasteiger charge is 2.12. The monoisotopic (exact) mass is 355 g/mol. The molecule has 0 fully saturated rings. The van der Waals surface area contributed by atoms with Gasteiger partial charge in [0.2, 0.25) is 5.95 Å².